The number of nitrogens with zero attached hydrogens (tertiary/aromatic N) is 5. The van der Waals surface area contributed by atoms with Gasteiger partial charge in [-0.1, -0.05) is 12.1 Å². The lowest BCUT2D eigenvalue weighted by atomic mass is 10.1. The third-order valence-corrected chi connectivity index (χ3v) is 2.95. The first-order valence-corrected chi connectivity index (χ1v) is 5.76. The smallest absolute Gasteiger partial charge is 0.180 e. The molecule has 7 heteroatoms. The highest BCUT2D eigenvalue weighted by Gasteiger charge is 2.04. The van der Waals surface area contributed by atoms with Gasteiger partial charge in [0, 0.05) is 10.9 Å². The lowest BCUT2D eigenvalue weighted by Gasteiger charge is -2.01. The molecular formula is C10H8N6S. The van der Waals surface area contributed by atoms with Gasteiger partial charge < -0.3 is 5.73 Å². The van der Waals surface area contributed by atoms with Crippen molar-refractivity contribution < 1.29 is 0 Å². The van der Waals surface area contributed by atoms with Gasteiger partial charge in [0.25, 0.3) is 0 Å². The zero-order valence-electron chi connectivity index (χ0n) is 8.69. The topological polar surface area (TPSA) is 82.5 Å². The zero-order valence-corrected chi connectivity index (χ0v) is 9.50. The largest absolute Gasteiger partial charge is 0.375 e. The fourth-order valence-corrected chi connectivity index (χ4v) is 2.08. The molecule has 2 aromatic heterocycles. The molecule has 84 valence electrons. The molecule has 0 atom stereocenters. The predicted octanol–water partition coefficient (Wildman–Crippen LogP) is 1.37. The minimum absolute atomic E-state index is 0.563. The second-order valence-electron chi connectivity index (χ2n) is 3.38. The van der Waals surface area contributed by atoms with Gasteiger partial charge in [0.15, 0.2) is 5.13 Å². The van der Waals surface area contributed by atoms with E-state index in [-0.39, 0.29) is 0 Å². The van der Waals surface area contributed by atoms with E-state index in [0.29, 0.717) is 5.13 Å². The second-order valence-corrected chi connectivity index (χ2v) is 4.27. The zero-order chi connectivity index (χ0) is 11.7. The molecule has 6 nitrogen and oxygen atoms in total. The van der Waals surface area contributed by atoms with Gasteiger partial charge in [0.2, 0.25) is 0 Å². The van der Waals surface area contributed by atoms with Crippen LogP contribution in [0.4, 0.5) is 5.13 Å². The molecule has 0 saturated carbocycles. The van der Waals surface area contributed by atoms with Gasteiger partial charge in [-0.3, -0.25) is 0 Å². The fourth-order valence-electron chi connectivity index (χ4n) is 1.51. The fraction of sp³-hybridized carbons (Fsp3) is 0. The van der Waals surface area contributed by atoms with Crippen LogP contribution in [0.3, 0.4) is 0 Å². The Kier molecular flexibility index (Phi) is 2.30. The highest BCUT2D eigenvalue weighted by molar-refractivity contribution is 7.13. The van der Waals surface area contributed by atoms with E-state index in [4.69, 9.17) is 5.73 Å². The number of thiazole rings is 1. The van der Waals surface area contributed by atoms with Crippen molar-refractivity contribution in [1.29, 1.82) is 0 Å². The van der Waals surface area contributed by atoms with E-state index in [1.807, 2.05) is 29.6 Å². The van der Waals surface area contributed by atoms with Gasteiger partial charge in [-0.15, -0.1) is 16.4 Å². The van der Waals surface area contributed by atoms with Crippen LogP contribution in [0, 0.1) is 0 Å². The first-order chi connectivity index (χ1) is 8.33. The van der Waals surface area contributed by atoms with Crippen LogP contribution in [0.15, 0.2) is 36.0 Å². The average molecular weight is 244 g/mol. The second kappa shape index (κ2) is 3.95. The molecule has 0 aliphatic heterocycles. The maximum atomic E-state index is 5.62. The molecular weight excluding hydrogens is 236 g/mol. The summed E-state index contributed by atoms with van der Waals surface area (Å²) < 4.78 is 1.60. The molecule has 0 fully saturated rings. The van der Waals surface area contributed by atoms with Crippen LogP contribution in [0.1, 0.15) is 0 Å². The molecule has 0 aliphatic carbocycles. The molecule has 17 heavy (non-hydrogen) atoms. The van der Waals surface area contributed by atoms with Crippen LogP contribution in [-0.4, -0.2) is 25.2 Å². The summed E-state index contributed by atoms with van der Waals surface area (Å²) in [5, 5.41) is 13.5. The summed E-state index contributed by atoms with van der Waals surface area (Å²) in [5.74, 6) is 0. The molecule has 3 rings (SSSR count). The third-order valence-electron chi connectivity index (χ3n) is 2.28. The summed E-state index contributed by atoms with van der Waals surface area (Å²) >= 11 is 1.42. The lowest BCUT2D eigenvalue weighted by molar-refractivity contribution is 0.789. The summed E-state index contributed by atoms with van der Waals surface area (Å²) in [4.78, 5) is 4.24. The van der Waals surface area contributed by atoms with Crippen molar-refractivity contribution in [2.75, 3.05) is 5.73 Å². The number of benzene rings is 1. The van der Waals surface area contributed by atoms with Crippen molar-refractivity contribution in [2.45, 2.75) is 0 Å². The van der Waals surface area contributed by atoms with Crippen molar-refractivity contribution in [3.05, 3.63) is 36.0 Å². The Labute approximate surface area is 101 Å². The van der Waals surface area contributed by atoms with Crippen LogP contribution in [0.25, 0.3) is 16.9 Å². The van der Waals surface area contributed by atoms with E-state index in [1.54, 1.807) is 11.0 Å². The van der Waals surface area contributed by atoms with Crippen LogP contribution >= 0.6 is 11.3 Å². The Hall–Kier alpha value is -2.28. The number of nitrogens with two attached hydrogens (primary N) is 1. The van der Waals surface area contributed by atoms with Gasteiger partial charge in [-0.05, 0) is 22.6 Å². The average Bonchev–Trinajstić information content (AvgIpc) is 3.00. The number of tetrazole rings is 1. The Balaban J connectivity index is 2.05. The van der Waals surface area contributed by atoms with Crippen molar-refractivity contribution in [3.8, 4) is 16.9 Å². The Bertz CT molecular complexity index is 630. The Morgan fingerprint density at radius 3 is 2.94 bits per heavy atom. The Morgan fingerprint density at radius 1 is 1.29 bits per heavy atom. The summed E-state index contributed by atoms with van der Waals surface area (Å²) in [5.41, 5.74) is 8.36. The van der Waals surface area contributed by atoms with E-state index >= 15 is 0 Å². The molecule has 0 amide bonds. The highest BCUT2D eigenvalue weighted by Crippen LogP contribution is 2.24. The molecule has 0 radical (unpaired) electrons. The van der Waals surface area contributed by atoms with Crippen molar-refractivity contribution >= 4 is 16.5 Å². The van der Waals surface area contributed by atoms with Gasteiger partial charge >= 0.3 is 0 Å². The monoisotopic (exact) mass is 244 g/mol. The van der Waals surface area contributed by atoms with Crippen molar-refractivity contribution in [1.82, 2.24) is 25.2 Å². The molecule has 2 heterocycles. The number of hydrogen-bond acceptors (Lipinski definition) is 6. The summed E-state index contributed by atoms with van der Waals surface area (Å²) in [7, 11) is 0. The van der Waals surface area contributed by atoms with Gasteiger partial charge in [0.1, 0.15) is 6.33 Å². The Morgan fingerprint density at radius 2 is 2.24 bits per heavy atom. The van der Waals surface area contributed by atoms with Crippen LogP contribution in [-0.2, 0) is 0 Å². The molecule has 3 aromatic rings. The normalized spacial score (nSPS) is 10.6. The van der Waals surface area contributed by atoms with Crippen molar-refractivity contribution in [3.63, 3.8) is 0 Å². The molecule has 0 spiro atoms. The minimum atomic E-state index is 0.563. The van der Waals surface area contributed by atoms with E-state index in [1.165, 1.54) is 11.3 Å². The van der Waals surface area contributed by atoms with Crippen LogP contribution in [0.5, 0.6) is 0 Å². The summed E-state index contributed by atoms with van der Waals surface area (Å²) in [6.45, 7) is 0. The molecule has 0 aliphatic rings. The van der Waals surface area contributed by atoms with E-state index in [0.717, 1.165) is 16.9 Å². The summed E-state index contributed by atoms with van der Waals surface area (Å²) in [6.07, 6.45) is 1.55. The quantitative estimate of drug-likeness (QED) is 0.736. The first kappa shape index (κ1) is 9.91. The molecule has 0 unspecified atom stereocenters. The van der Waals surface area contributed by atoms with Gasteiger partial charge in [-0.25, -0.2) is 9.67 Å². The maximum Gasteiger partial charge on any atom is 0.180 e. The standard InChI is InChI=1S/C10H8N6S/c11-10-13-9(5-17-10)7-2-1-3-8(4-7)16-6-12-14-15-16/h1-6H,(H2,11,13). The number of aromatic nitrogens is 5. The van der Waals surface area contributed by atoms with Crippen LogP contribution < -0.4 is 5.73 Å². The predicted molar refractivity (Wildman–Crippen MR) is 64.7 cm³/mol. The molecule has 2 N–H and O–H groups in total. The highest BCUT2D eigenvalue weighted by atomic mass is 32.1. The molecule has 1 aromatic carbocycles. The van der Waals surface area contributed by atoms with Crippen molar-refractivity contribution in [2.24, 2.45) is 0 Å². The van der Waals surface area contributed by atoms with E-state index in [2.05, 4.69) is 20.5 Å². The van der Waals surface area contributed by atoms with Crippen LogP contribution in [0.2, 0.25) is 0 Å². The molecule has 0 bridgehead atoms. The number of anilines is 1. The third kappa shape index (κ3) is 1.87. The maximum absolute atomic E-state index is 5.62. The number of nitrogen functional groups attached to an aromatic ring is 1. The van der Waals surface area contributed by atoms with Gasteiger partial charge in [0.05, 0.1) is 11.4 Å². The lowest BCUT2D eigenvalue weighted by Crippen LogP contribution is -1.95. The summed E-state index contributed by atoms with van der Waals surface area (Å²) in [6, 6.07) is 7.80. The van der Waals surface area contributed by atoms with E-state index in [9.17, 15) is 0 Å². The first-order valence-electron chi connectivity index (χ1n) is 4.88. The SMILES string of the molecule is Nc1nc(-c2cccc(-n3cnnn3)c2)cs1. The number of rotatable bonds is 2. The van der Waals surface area contributed by atoms with Gasteiger partial charge in [-0.2, -0.15) is 0 Å². The van der Waals surface area contributed by atoms with E-state index < -0.39 is 0 Å². The number of hydrogen-bond donors (Lipinski definition) is 1. The minimum Gasteiger partial charge on any atom is -0.375 e. The molecule has 0 saturated heterocycles.